The molecule has 0 aliphatic carbocycles. The second-order valence-electron chi connectivity index (χ2n) is 5.59. The van der Waals surface area contributed by atoms with Gasteiger partial charge >= 0.3 is 0 Å². The zero-order chi connectivity index (χ0) is 16.4. The van der Waals surface area contributed by atoms with Crippen molar-refractivity contribution < 1.29 is 9.53 Å². The average Bonchev–Trinajstić information content (AvgIpc) is 3.24. The Labute approximate surface area is 143 Å². The van der Waals surface area contributed by atoms with Gasteiger partial charge < -0.3 is 10.1 Å². The van der Waals surface area contributed by atoms with Gasteiger partial charge in [0.05, 0.1) is 25.3 Å². The van der Waals surface area contributed by atoms with Crippen LogP contribution in [0.4, 0.5) is 5.13 Å². The number of ether oxygens (including phenoxy) is 1. The molecule has 0 fully saturated rings. The van der Waals surface area contributed by atoms with Crippen LogP contribution in [-0.2, 0) is 29.2 Å². The van der Waals surface area contributed by atoms with Crippen molar-refractivity contribution in [1.29, 1.82) is 0 Å². The predicted octanol–water partition coefficient (Wildman–Crippen LogP) is 3.42. The van der Waals surface area contributed by atoms with E-state index in [0.29, 0.717) is 24.8 Å². The molecule has 4 rings (SSSR count). The normalized spacial score (nSPS) is 12.8. The summed E-state index contributed by atoms with van der Waals surface area (Å²) in [4.78, 5) is 20.7. The number of carbonyl (C=O) groups excluding carboxylic acids is 1. The van der Waals surface area contributed by atoms with Crippen LogP contribution in [0.2, 0.25) is 0 Å². The van der Waals surface area contributed by atoms with Gasteiger partial charge in [0.1, 0.15) is 0 Å². The van der Waals surface area contributed by atoms with E-state index in [2.05, 4.69) is 15.3 Å². The van der Waals surface area contributed by atoms with Crippen LogP contribution in [0, 0.1) is 0 Å². The van der Waals surface area contributed by atoms with E-state index in [-0.39, 0.29) is 5.91 Å². The summed E-state index contributed by atoms with van der Waals surface area (Å²) in [5.41, 5.74) is 5.20. The molecule has 24 heavy (non-hydrogen) atoms. The van der Waals surface area contributed by atoms with E-state index in [1.807, 2.05) is 35.7 Å². The first kappa shape index (κ1) is 15.0. The van der Waals surface area contributed by atoms with E-state index in [9.17, 15) is 4.79 Å². The van der Waals surface area contributed by atoms with Crippen LogP contribution in [0.1, 0.15) is 16.7 Å². The van der Waals surface area contributed by atoms with Gasteiger partial charge in [-0.05, 0) is 28.8 Å². The van der Waals surface area contributed by atoms with Gasteiger partial charge in [0.15, 0.2) is 5.13 Å². The zero-order valence-corrected chi connectivity index (χ0v) is 13.7. The molecule has 6 heteroatoms. The van der Waals surface area contributed by atoms with Gasteiger partial charge in [0.2, 0.25) is 5.91 Å². The minimum Gasteiger partial charge on any atom is -0.372 e. The van der Waals surface area contributed by atoms with Crippen LogP contribution in [0.3, 0.4) is 0 Å². The molecule has 0 atom stereocenters. The van der Waals surface area contributed by atoms with Crippen molar-refractivity contribution in [1.82, 2.24) is 9.97 Å². The molecular formula is C18H15N3O2S. The number of hydrogen-bond acceptors (Lipinski definition) is 5. The van der Waals surface area contributed by atoms with Gasteiger partial charge in [-0.15, -0.1) is 11.3 Å². The summed E-state index contributed by atoms with van der Waals surface area (Å²) >= 11 is 1.42. The summed E-state index contributed by atoms with van der Waals surface area (Å²) in [6.45, 7) is 1.30. The third-order valence-electron chi connectivity index (χ3n) is 3.88. The van der Waals surface area contributed by atoms with E-state index in [1.54, 1.807) is 12.4 Å². The Hall–Kier alpha value is -2.57. The summed E-state index contributed by atoms with van der Waals surface area (Å²) in [6.07, 6.45) is 3.78. The number of rotatable bonds is 4. The van der Waals surface area contributed by atoms with Crippen LogP contribution in [0.15, 0.2) is 48.1 Å². The molecule has 1 N–H and O–H groups in total. The van der Waals surface area contributed by atoms with Crippen LogP contribution in [-0.4, -0.2) is 15.9 Å². The fourth-order valence-electron chi connectivity index (χ4n) is 2.67. The molecule has 0 bridgehead atoms. The van der Waals surface area contributed by atoms with Gasteiger partial charge in [-0.3, -0.25) is 9.78 Å². The maximum Gasteiger partial charge on any atom is 0.230 e. The molecule has 0 saturated heterocycles. The average molecular weight is 337 g/mol. The lowest BCUT2D eigenvalue weighted by molar-refractivity contribution is -0.115. The van der Waals surface area contributed by atoms with Gasteiger partial charge in [-0.1, -0.05) is 18.2 Å². The quantitative estimate of drug-likeness (QED) is 0.792. The first-order valence-corrected chi connectivity index (χ1v) is 8.50. The third kappa shape index (κ3) is 3.20. The van der Waals surface area contributed by atoms with Crippen molar-refractivity contribution in [2.45, 2.75) is 19.6 Å². The Morgan fingerprint density at radius 2 is 2.00 bits per heavy atom. The van der Waals surface area contributed by atoms with E-state index in [4.69, 9.17) is 4.74 Å². The molecular weight excluding hydrogens is 322 g/mol. The van der Waals surface area contributed by atoms with E-state index in [1.165, 1.54) is 22.5 Å². The Bertz CT molecular complexity index is 877. The highest BCUT2D eigenvalue weighted by Gasteiger charge is 2.13. The standard InChI is InChI=1S/C18H15N3O2S/c22-17(8-12-1-2-14-9-23-10-15(14)7-12)21-18-20-16(11-24-18)13-3-5-19-6-4-13/h1-7,11H,8-10H2,(H,20,21,22). The number of amides is 1. The third-order valence-corrected chi connectivity index (χ3v) is 4.63. The molecule has 3 aromatic rings. The maximum atomic E-state index is 12.2. The zero-order valence-electron chi connectivity index (χ0n) is 12.9. The number of aromatic nitrogens is 2. The number of carbonyl (C=O) groups is 1. The van der Waals surface area contributed by atoms with Gasteiger partial charge in [0, 0.05) is 23.3 Å². The van der Waals surface area contributed by atoms with E-state index in [0.717, 1.165) is 16.8 Å². The minimum atomic E-state index is -0.0653. The van der Waals surface area contributed by atoms with E-state index >= 15 is 0 Å². The first-order chi connectivity index (χ1) is 11.8. The molecule has 1 amide bonds. The number of thiazole rings is 1. The molecule has 0 spiro atoms. The maximum absolute atomic E-state index is 12.2. The largest absolute Gasteiger partial charge is 0.372 e. The van der Waals surface area contributed by atoms with Crippen LogP contribution in [0.25, 0.3) is 11.3 Å². The Morgan fingerprint density at radius 1 is 1.17 bits per heavy atom. The molecule has 2 aromatic heterocycles. The number of benzene rings is 1. The SMILES string of the molecule is O=C(Cc1ccc2c(c1)COC2)Nc1nc(-c2ccncc2)cs1. The molecule has 0 unspecified atom stereocenters. The Kier molecular flexibility index (Phi) is 4.06. The molecule has 0 radical (unpaired) electrons. The predicted molar refractivity (Wildman–Crippen MR) is 92.6 cm³/mol. The molecule has 3 heterocycles. The van der Waals surface area contributed by atoms with Crippen LogP contribution in [0.5, 0.6) is 0 Å². The lowest BCUT2D eigenvalue weighted by atomic mass is 10.0. The Morgan fingerprint density at radius 3 is 2.88 bits per heavy atom. The summed E-state index contributed by atoms with van der Waals surface area (Å²) in [5.74, 6) is -0.0653. The number of fused-ring (bicyclic) bond motifs is 1. The Balaban J connectivity index is 1.42. The monoisotopic (exact) mass is 337 g/mol. The second-order valence-corrected chi connectivity index (χ2v) is 6.45. The molecule has 1 aliphatic heterocycles. The molecule has 1 aromatic carbocycles. The fourth-order valence-corrected chi connectivity index (χ4v) is 3.41. The summed E-state index contributed by atoms with van der Waals surface area (Å²) in [7, 11) is 0. The van der Waals surface area contributed by atoms with Crippen molar-refractivity contribution in [2.75, 3.05) is 5.32 Å². The van der Waals surface area contributed by atoms with Crippen molar-refractivity contribution in [3.63, 3.8) is 0 Å². The highest BCUT2D eigenvalue weighted by atomic mass is 32.1. The topological polar surface area (TPSA) is 64.1 Å². The van der Waals surface area contributed by atoms with Gasteiger partial charge in [-0.2, -0.15) is 0 Å². The molecule has 5 nitrogen and oxygen atoms in total. The van der Waals surface area contributed by atoms with Crippen molar-refractivity contribution in [3.8, 4) is 11.3 Å². The summed E-state index contributed by atoms with van der Waals surface area (Å²) in [5, 5.41) is 5.41. The second kappa shape index (κ2) is 6.51. The van der Waals surface area contributed by atoms with Crippen molar-refractivity contribution >= 4 is 22.4 Å². The minimum absolute atomic E-state index is 0.0653. The number of anilines is 1. The molecule has 120 valence electrons. The van der Waals surface area contributed by atoms with Crippen molar-refractivity contribution in [3.05, 3.63) is 64.8 Å². The highest BCUT2D eigenvalue weighted by molar-refractivity contribution is 7.14. The summed E-state index contributed by atoms with van der Waals surface area (Å²) < 4.78 is 5.40. The smallest absolute Gasteiger partial charge is 0.230 e. The van der Waals surface area contributed by atoms with Crippen molar-refractivity contribution in [2.24, 2.45) is 0 Å². The molecule has 1 aliphatic rings. The van der Waals surface area contributed by atoms with Gasteiger partial charge in [-0.25, -0.2) is 4.98 Å². The fraction of sp³-hybridized carbons (Fsp3) is 0.167. The highest BCUT2D eigenvalue weighted by Crippen LogP contribution is 2.25. The summed E-state index contributed by atoms with van der Waals surface area (Å²) in [6, 6.07) is 9.86. The number of pyridine rings is 1. The number of nitrogens with one attached hydrogen (secondary N) is 1. The number of hydrogen-bond donors (Lipinski definition) is 1. The van der Waals surface area contributed by atoms with Gasteiger partial charge in [0.25, 0.3) is 0 Å². The first-order valence-electron chi connectivity index (χ1n) is 7.62. The van der Waals surface area contributed by atoms with E-state index < -0.39 is 0 Å². The lowest BCUT2D eigenvalue weighted by Gasteiger charge is -2.04. The van der Waals surface area contributed by atoms with Crippen LogP contribution < -0.4 is 5.32 Å². The number of nitrogens with zero attached hydrogens (tertiary/aromatic N) is 2. The molecule has 0 saturated carbocycles. The van der Waals surface area contributed by atoms with Crippen LogP contribution >= 0.6 is 11.3 Å². The lowest BCUT2D eigenvalue weighted by Crippen LogP contribution is -2.14.